The summed E-state index contributed by atoms with van der Waals surface area (Å²) in [4.78, 5) is 4.15. The van der Waals surface area contributed by atoms with Gasteiger partial charge in [-0.05, 0) is 71.2 Å². The molecule has 13 nitrogen and oxygen atoms in total. The van der Waals surface area contributed by atoms with Crippen LogP contribution in [-0.2, 0) is 9.47 Å². The van der Waals surface area contributed by atoms with E-state index >= 15 is 0 Å². The molecule has 2 aliphatic rings. The van der Waals surface area contributed by atoms with Crippen molar-refractivity contribution in [3.63, 3.8) is 0 Å². The molecule has 0 radical (unpaired) electrons. The highest BCUT2D eigenvalue weighted by Crippen LogP contribution is 2.06. The molecule has 0 unspecified atom stereocenters. The van der Waals surface area contributed by atoms with E-state index in [4.69, 9.17) is 42.1 Å². The molecule has 0 aromatic heterocycles. The Balaban J connectivity index is -0.000000616. The van der Waals surface area contributed by atoms with Crippen LogP contribution >= 0.6 is 0 Å². The minimum Gasteiger partial charge on any atom is -0.396 e. The Morgan fingerprint density at radius 3 is 1.02 bits per heavy atom. The van der Waals surface area contributed by atoms with E-state index in [1.54, 1.807) is 0 Å². The van der Waals surface area contributed by atoms with Gasteiger partial charge in [0.1, 0.15) is 0 Å². The molecule has 48 heavy (non-hydrogen) atoms. The summed E-state index contributed by atoms with van der Waals surface area (Å²) in [7, 11) is 0. The molecule has 11 N–H and O–H groups in total. The van der Waals surface area contributed by atoms with E-state index in [-0.39, 0.29) is 33.0 Å². The standard InChI is InChI=1S/C14H32N2O4.C11H25NO2.C6H16N2.2C2H4O/c17-11-7-15(8-12-18)5-3-1-2-4-6-16(9-13-19)10-14-20;13-10-7-5-3-1-2-4-6-8-12-9-11-14;7-5-3-1-2-4-6-8;2*1-2-3-1/h17-20H,1-14H2;12-14H,1-11H2;1-8H2;2*1-2H2. The van der Waals surface area contributed by atoms with Crippen LogP contribution in [0.3, 0.4) is 0 Å². The first-order valence-electron chi connectivity index (χ1n) is 19.0. The first-order chi connectivity index (χ1) is 23.6. The van der Waals surface area contributed by atoms with Crippen LogP contribution in [-0.4, -0.2) is 172 Å². The molecule has 2 heterocycles. The molecule has 0 aliphatic carbocycles. The average molecular weight is 700 g/mol. The zero-order valence-electron chi connectivity index (χ0n) is 30.8. The van der Waals surface area contributed by atoms with E-state index in [9.17, 15) is 0 Å². The molecule has 13 heteroatoms. The quantitative estimate of drug-likeness (QED) is 0.0364. The van der Waals surface area contributed by atoms with Crippen LogP contribution in [0.2, 0.25) is 0 Å². The lowest BCUT2D eigenvalue weighted by molar-refractivity contribution is 0.155. The van der Waals surface area contributed by atoms with Crippen molar-refractivity contribution < 1.29 is 40.1 Å². The van der Waals surface area contributed by atoms with Crippen molar-refractivity contribution >= 4 is 0 Å². The number of hydrogen-bond acceptors (Lipinski definition) is 13. The summed E-state index contributed by atoms with van der Waals surface area (Å²) < 4.78 is 9.00. The number of nitrogens with zero attached hydrogens (tertiary/aromatic N) is 2. The number of nitrogens with one attached hydrogen (secondary N) is 1. The molecule has 0 saturated carbocycles. The van der Waals surface area contributed by atoms with Gasteiger partial charge in [-0.2, -0.15) is 0 Å². The predicted octanol–water partition coefficient (Wildman–Crippen LogP) is 0.909. The van der Waals surface area contributed by atoms with Gasteiger partial charge < -0.3 is 56.9 Å². The van der Waals surface area contributed by atoms with Crippen LogP contribution in [0.1, 0.15) is 96.3 Å². The maximum Gasteiger partial charge on any atom is 0.0701 e. The van der Waals surface area contributed by atoms with Crippen molar-refractivity contribution in [2.45, 2.75) is 96.3 Å². The number of aliphatic hydroxyl groups is 6. The van der Waals surface area contributed by atoms with Crippen molar-refractivity contribution in [3.8, 4) is 0 Å². The van der Waals surface area contributed by atoms with Crippen molar-refractivity contribution in [1.82, 2.24) is 15.1 Å². The number of unbranched alkanes of at least 4 members (excludes halogenated alkanes) is 12. The SMILES string of the molecule is C1CO1.C1CO1.NCCCCCCN.OCCCCCCCCCNCCO.OCCN(CCO)CCCCCCN(CCO)CCO. The highest BCUT2D eigenvalue weighted by molar-refractivity contribution is 4.60. The molecule has 0 atom stereocenters. The van der Waals surface area contributed by atoms with Gasteiger partial charge in [0.15, 0.2) is 0 Å². The number of ether oxygens (including phenoxy) is 2. The average Bonchev–Trinajstić information content (AvgIpc) is 3.98. The Bertz CT molecular complexity index is 468. The number of aliphatic hydroxyl groups excluding tert-OH is 6. The van der Waals surface area contributed by atoms with Gasteiger partial charge in [-0.3, -0.25) is 9.80 Å². The summed E-state index contributed by atoms with van der Waals surface area (Å²) in [6.07, 6.45) is 17.6. The van der Waals surface area contributed by atoms with E-state index in [2.05, 4.69) is 24.6 Å². The Hall–Kier alpha value is -0.520. The van der Waals surface area contributed by atoms with E-state index in [0.717, 1.165) is 111 Å². The largest absolute Gasteiger partial charge is 0.396 e. The Kier molecular flexibility index (Phi) is 54.9. The van der Waals surface area contributed by atoms with Gasteiger partial charge in [0, 0.05) is 39.3 Å². The zero-order chi connectivity index (χ0) is 36.0. The maximum atomic E-state index is 8.90. The second-order valence-electron chi connectivity index (χ2n) is 11.9. The third-order valence-electron chi connectivity index (χ3n) is 7.23. The third-order valence-corrected chi connectivity index (χ3v) is 7.23. The van der Waals surface area contributed by atoms with Gasteiger partial charge in [-0.1, -0.05) is 57.8 Å². The third kappa shape index (κ3) is 60.8. The lowest BCUT2D eigenvalue weighted by Gasteiger charge is -2.21. The van der Waals surface area contributed by atoms with Crippen molar-refractivity contribution in [2.75, 3.05) is 132 Å². The second kappa shape index (κ2) is 50.9. The van der Waals surface area contributed by atoms with Crippen LogP contribution in [0.4, 0.5) is 0 Å². The van der Waals surface area contributed by atoms with E-state index in [1.807, 2.05) is 0 Å². The monoisotopic (exact) mass is 700 g/mol. The smallest absolute Gasteiger partial charge is 0.0701 e. The number of nitrogens with two attached hydrogens (primary N) is 2. The molecule has 0 amide bonds. The van der Waals surface area contributed by atoms with Crippen LogP contribution in [0.15, 0.2) is 0 Å². The summed E-state index contributed by atoms with van der Waals surface area (Å²) in [6, 6.07) is 0. The van der Waals surface area contributed by atoms with Crippen molar-refractivity contribution in [3.05, 3.63) is 0 Å². The molecule has 2 rings (SSSR count). The van der Waals surface area contributed by atoms with Gasteiger partial charge >= 0.3 is 0 Å². The van der Waals surface area contributed by atoms with Gasteiger partial charge in [0.2, 0.25) is 0 Å². The predicted molar refractivity (Wildman–Crippen MR) is 197 cm³/mol. The lowest BCUT2D eigenvalue weighted by atomic mass is 10.1. The Labute approximate surface area is 294 Å². The molecule has 2 fully saturated rings. The van der Waals surface area contributed by atoms with Crippen molar-refractivity contribution in [1.29, 1.82) is 0 Å². The topological polar surface area (TPSA) is 217 Å². The minimum absolute atomic E-state index is 0.136. The van der Waals surface area contributed by atoms with Crippen LogP contribution < -0.4 is 16.8 Å². The molecule has 294 valence electrons. The first-order valence-corrected chi connectivity index (χ1v) is 19.0. The van der Waals surface area contributed by atoms with Gasteiger partial charge in [-0.25, -0.2) is 0 Å². The maximum absolute atomic E-state index is 8.90. The molecule has 0 aromatic rings. The van der Waals surface area contributed by atoms with Crippen LogP contribution in [0.25, 0.3) is 0 Å². The molecule has 0 spiro atoms. The fourth-order valence-corrected chi connectivity index (χ4v) is 4.35. The Morgan fingerprint density at radius 1 is 0.375 bits per heavy atom. The first kappa shape index (κ1) is 51.8. The molecular weight excluding hydrogens is 618 g/mol. The van der Waals surface area contributed by atoms with Crippen LogP contribution in [0.5, 0.6) is 0 Å². The van der Waals surface area contributed by atoms with E-state index in [1.165, 1.54) is 51.4 Å². The molecule has 2 saturated heterocycles. The number of epoxide rings is 2. The van der Waals surface area contributed by atoms with Gasteiger partial charge in [0.25, 0.3) is 0 Å². The van der Waals surface area contributed by atoms with Crippen LogP contribution in [0, 0.1) is 0 Å². The second-order valence-corrected chi connectivity index (χ2v) is 11.9. The zero-order valence-corrected chi connectivity index (χ0v) is 30.8. The van der Waals surface area contributed by atoms with Crippen molar-refractivity contribution in [2.24, 2.45) is 11.5 Å². The highest BCUT2D eigenvalue weighted by atomic mass is 16.6. The summed E-state index contributed by atoms with van der Waals surface area (Å²) in [6.45, 7) is 12.8. The van der Waals surface area contributed by atoms with E-state index in [0.29, 0.717) is 32.8 Å². The molecule has 2 aliphatic heterocycles. The van der Waals surface area contributed by atoms with E-state index < -0.39 is 0 Å². The molecule has 0 aromatic carbocycles. The lowest BCUT2D eigenvalue weighted by Crippen LogP contribution is -2.31. The van der Waals surface area contributed by atoms with Gasteiger partial charge in [0.05, 0.1) is 59.5 Å². The summed E-state index contributed by atoms with van der Waals surface area (Å²) in [5.41, 5.74) is 10.6. The summed E-state index contributed by atoms with van der Waals surface area (Å²) >= 11 is 0. The minimum atomic E-state index is 0.136. The summed E-state index contributed by atoms with van der Waals surface area (Å²) in [5, 5.41) is 55.8. The van der Waals surface area contributed by atoms with Gasteiger partial charge in [-0.15, -0.1) is 0 Å². The fraction of sp³-hybridized carbons (Fsp3) is 1.00. The summed E-state index contributed by atoms with van der Waals surface area (Å²) in [5.74, 6) is 0. The Morgan fingerprint density at radius 2 is 0.708 bits per heavy atom. The highest BCUT2D eigenvalue weighted by Gasteiger charge is 2.05. The normalized spacial score (nSPS) is 12.6. The molecular formula is C35H81N5O8. The fourth-order valence-electron chi connectivity index (χ4n) is 4.35. The number of rotatable bonds is 31. The number of hydrogen-bond donors (Lipinski definition) is 9. The molecule has 0 bridgehead atoms.